The zero-order chi connectivity index (χ0) is 14.4. The van der Waals surface area contributed by atoms with Gasteiger partial charge in [-0.1, -0.05) is 26.3 Å². The Hall–Kier alpha value is -1.66. The van der Waals surface area contributed by atoms with Gasteiger partial charge in [-0.25, -0.2) is 0 Å². The molecular formula is C13H22N4O2. The fourth-order valence-electron chi connectivity index (χ4n) is 1.99. The van der Waals surface area contributed by atoms with Crippen molar-refractivity contribution in [2.75, 3.05) is 19.0 Å². The minimum absolute atomic E-state index is 0.0111. The first-order chi connectivity index (χ1) is 8.97. The fourth-order valence-corrected chi connectivity index (χ4v) is 1.99. The summed E-state index contributed by atoms with van der Waals surface area (Å²) >= 11 is 0. The number of hydrogen-bond acceptors (Lipinski definition) is 5. The fraction of sp³-hybridized carbons (Fsp3) is 0.538. The first-order valence-corrected chi connectivity index (χ1v) is 6.40. The van der Waals surface area contributed by atoms with Gasteiger partial charge in [0.25, 0.3) is 5.69 Å². The summed E-state index contributed by atoms with van der Waals surface area (Å²) in [5.41, 5.74) is 3.60. The number of rotatable bonds is 7. The van der Waals surface area contributed by atoms with Crippen molar-refractivity contribution in [1.29, 1.82) is 0 Å². The Morgan fingerprint density at radius 1 is 1.53 bits per heavy atom. The molecule has 0 amide bonds. The van der Waals surface area contributed by atoms with E-state index in [2.05, 4.69) is 24.2 Å². The Kier molecular flexibility index (Phi) is 5.72. The Labute approximate surface area is 113 Å². The lowest BCUT2D eigenvalue weighted by molar-refractivity contribution is -0.384. The van der Waals surface area contributed by atoms with Gasteiger partial charge >= 0.3 is 0 Å². The van der Waals surface area contributed by atoms with E-state index in [1.54, 1.807) is 12.1 Å². The number of hydrazine groups is 1. The molecule has 0 aliphatic rings. The van der Waals surface area contributed by atoms with Gasteiger partial charge in [0.15, 0.2) is 0 Å². The van der Waals surface area contributed by atoms with E-state index < -0.39 is 4.92 Å². The van der Waals surface area contributed by atoms with Crippen molar-refractivity contribution in [2.24, 2.45) is 11.8 Å². The Morgan fingerprint density at radius 3 is 2.74 bits per heavy atom. The summed E-state index contributed by atoms with van der Waals surface area (Å²) in [6.07, 6.45) is 1.13. The number of nitro benzene ring substituents is 1. The van der Waals surface area contributed by atoms with Crippen molar-refractivity contribution in [3.63, 3.8) is 0 Å². The van der Waals surface area contributed by atoms with Gasteiger partial charge in [-0.2, -0.15) is 0 Å². The van der Waals surface area contributed by atoms with Crippen LogP contribution in [0.15, 0.2) is 18.2 Å². The first-order valence-electron chi connectivity index (χ1n) is 6.40. The van der Waals surface area contributed by atoms with Crippen molar-refractivity contribution in [2.45, 2.75) is 26.8 Å². The summed E-state index contributed by atoms with van der Waals surface area (Å²) in [6.45, 7) is 6.02. The van der Waals surface area contributed by atoms with Gasteiger partial charge in [0.2, 0.25) is 0 Å². The molecule has 19 heavy (non-hydrogen) atoms. The number of benzene rings is 1. The molecule has 0 aliphatic carbocycles. The second-order valence-electron chi connectivity index (χ2n) is 4.96. The van der Waals surface area contributed by atoms with Crippen LogP contribution < -0.4 is 11.3 Å². The third-order valence-electron chi connectivity index (χ3n) is 3.19. The minimum atomic E-state index is -0.423. The maximum Gasteiger partial charge on any atom is 0.293 e. The van der Waals surface area contributed by atoms with Crippen LogP contribution in [-0.4, -0.2) is 23.4 Å². The number of nitro groups is 1. The van der Waals surface area contributed by atoms with Crippen LogP contribution in [0.1, 0.15) is 25.8 Å². The van der Waals surface area contributed by atoms with E-state index in [0.29, 0.717) is 18.2 Å². The molecule has 0 aliphatic heterocycles. The highest BCUT2D eigenvalue weighted by Crippen LogP contribution is 2.25. The second-order valence-corrected chi connectivity index (χ2v) is 4.96. The van der Waals surface area contributed by atoms with Gasteiger partial charge in [0, 0.05) is 19.2 Å². The van der Waals surface area contributed by atoms with Gasteiger partial charge in [-0.15, -0.1) is 0 Å². The van der Waals surface area contributed by atoms with Gasteiger partial charge in [0.1, 0.15) is 5.69 Å². The molecule has 1 aromatic carbocycles. The van der Waals surface area contributed by atoms with Crippen LogP contribution in [-0.2, 0) is 6.54 Å². The van der Waals surface area contributed by atoms with E-state index in [0.717, 1.165) is 18.5 Å². The molecule has 1 unspecified atom stereocenters. The van der Waals surface area contributed by atoms with Crippen molar-refractivity contribution >= 4 is 11.4 Å². The van der Waals surface area contributed by atoms with Crippen molar-refractivity contribution in [1.82, 2.24) is 4.90 Å². The summed E-state index contributed by atoms with van der Waals surface area (Å²) < 4.78 is 0. The van der Waals surface area contributed by atoms with E-state index in [4.69, 9.17) is 5.84 Å². The van der Waals surface area contributed by atoms with Crippen LogP contribution in [0.25, 0.3) is 0 Å². The predicted octanol–water partition coefficient (Wildman–Crippen LogP) is 2.36. The molecule has 0 bridgehead atoms. The molecule has 1 aromatic rings. The lowest BCUT2D eigenvalue weighted by Crippen LogP contribution is -2.23. The molecule has 1 atom stereocenters. The third kappa shape index (κ3) is 4.50. The predicted molar refractivity (Wildman–Crippen MR) is 76.7 cm³/mol. The number of anilines is 1. The number of nitrogens with zero attached hydrogens (tertiary/aromatic N) is 2. The molecule has 1 rings (SSSR count). The molecule has 0 spiro atoms. The topological polar surface area (TPSA) is 84.4 Å². The number of nitrogens with two attached hydrogens (primary N) is 1. The molecule has 0 heterocycles. The third-order valence-corrected chi connectivity index (χ3v) is 3.19. The SMILES string of the molecule is CCC(C)CN(C)Cc1ccc(NN)c([N+](=O)[O-])c1. The van der Waals surface area contributed by atoms with Crippen LogP contribution in [0, 0.1) is 16.0 Å². The van der Waals surface area contributed by atoms with Crippen molar-refractivity contribution in [3.8, 4) is 0 Å². The molecule has 6 heteroatoms. The number of nitrogens with one attached hydrogen (secondary N) is 1. The summed E-state index contributed by atoms with van der Waals surface area (Å²) in [6, 6.07) is 5.07. The monoisotopic (exact) mass is 266 g/mol. The lowest BCUT2D eigenvalue weighted by Gasteiger charge is -2.20. The molecule has 0 fully saturated rings. The molecule has 0 radical (unpaired) electrons. The largest absolute Gasteiger partial charge is 0.318 e. The molecule has 0 saturated heterocycles. The highest BCUT2D eigenvalue weighted by atomic mass is 16.6. The summed E-state index contributed by atoms with van der Waals surface area (Å²) in [5, 5.41) is 10.9. The Bertz CT molecular complexity index is 437. The van der Waals surface area contributed by atoms with Crippen LogP contribution >= 0.6 is 0 Å². The zero-order valence-electron chi connectivity index (χ0n) is 11.7. The molecule has 0 saturated carbocycles. The smallest absolute Gasteiger partial charge is 0.293 e. The summed E-state index contributed by atoms with van der Waals surface area (Å²) in [5.74, 6) is 5.87. The zero-order valence-corrected chi connectivity index (χ0v) is 11.7. The summed E-state index contributed by atoms with van der Waals surface area (Å²) in [4.78, 5) is 12.7. The standard InChI is InChI=1S/C13H22N4O2/c1-4-10(2)8-16(3)9-11-5-6-12(15-14)13(7-11)17(18)19/h5-7,10,15H,4,8-9,14H2,1-3H3. The molecular weight excluding hydrogens is 244 g/mol. The quantitative estimate of drug-likeness (QED) is 0.449. The van der Waals surface area contributed by atoms with Crippen LogP contribution in [0.4, 0.5) is 11.4 Å². The minimum Gasteiger partial charge on any atom is -0.318 e. The molecule has 6 nitrogen and oxygen atoms in total. The van der Waals surface area contributed by atoms with E-state index in [1.807, 2.05) is 13.1 Å². The van der Waals surface area contributed by atoms with Crippen LogP contribution in [0.5, 0.6) is 0 Å². The highest BCUT2D eigenvalue weighted by Gasteiger charge is 2.14. The van der Waals surface area contributed by atoms with E-state index in [1.165, 1.54) is 0 Å². The average molecular weight is 266 g/mol. The Balaban J connectivity index is 2.79. The van der Waals surface area contributed by atoms with Gasteiger partial charge in [-0.05, 0) is 24.6 Å². The highest BCUT2D eigenvalue weighted by molar-refractivity contribution is 5.61. The van der Waals surface area contributed by atoms with Crippen LogP contribution in [0.3, 0.4) is 0 Å². The first kappa shape index (κ1) is 15.4. The molecule has 0 aromatic heterocycles. The lowest BCUT2D eigenvalue weighted by atomic mass is 10.1. The second kappa shape index (κ2) is 7.06. The molecule has 3 N–H and O–H groups in total. The maximum absolute atomic E-state index is 10.9. The van der Waals surface area contributed by atoms with E-state index in [-0.39, 0.29) is 5.69 Å². The number of nitrogen functional groups attached to an aromatic ring is 1. The number of hydrogen-bond donors (Lipinski definition) is 2. The molecule has 106 valence electrons. The van der Waals surface area contributed by atoms with Crippen molar-refractivity contribution < 1.29 is 4.92 Å². The van der Waals surface area contributed by atoms with Crippen molar-refractivity contribution in [3.05, 3.63) is 33.9 Å². The van der Waals surface area contributed by atoms with Gasteiger partial charge in [-0.3, -0.25) is 16.0 Å². The van der Waals surface area contributed by atoms with E-state index in [9.17, 15) is 10.1 Å². The van der Waals surface area contributed by atoms with Gasteiger partial charge in [0.05, 0.1) is 4.92 Å². The maximum atomic E-state index is 10.9. The normalized spacial score (nSPS) is 12.5. The van der Waals surface area contributed by atoms with Crippen LogP contribution in [0.2, 0.25) is 0 Å². The summed E-state index contributed by atoms with van der Waals surface area (Å²) in [7, 11) is 2.02. The van der Waals surface area contributed by atoms with E-state index >= 15 is 0 Å². The Morgan fingerprint density at radius 2 is 2.21 bits per heavy atom. The average Bonchev–Trinajstić information content (AvgIpc) is 2.38. The van der Waals surface area contributed by atoms with Gasteiger partial charge < -0.3 is 10.3 Å².